The Kier molecular flexibility index (Phi) is 3.78. The van der Waals surface area contributed by atoms with Crippen LogP contribution in [-0.2, 0) is 11.8 Å². The third-order valence-electron chi connectivity index (χ3n) is 3.93. The molecule has 1 aliphatic rings. The molecule has 0 N–H and O–H groups in total. The van der Waals surface area contributed by atoms with Gasteiger partial charge in [0.2, 0.25) is 5.88 Å². The number of ether oxygens (including phenoxy) is 2. The molecular weight excluding hydrogens is 282 g/mol. The number of methoxy groups -OCH3 is 1. The molecule has 118 valence electrons. The van der Waals surface area contributed by atoms with Crippen molar-refractivity contribution in [3.63, 3.8) is 0 Å². The molecule has 1 fully saturated rings. The monoisotopic (exact) mass is 303 g/mol. The maximum atomic E-state index is 12.7. The lowest BCUT2D eigenvalue weighted by Gasteiger charge is -2.35. The number of fused-ring (bicyclic) bond motifs is 1. The number of benzene rings is 1. The first-order chi connectivity index (χ1) is 10.5. The highest BCUT2D eigenvalue weighted by Gasteiger charge is 2.27. The van der Waals surface area contributed by atoms with Crippen molar-refractivity contribution in [2.45, 2.75) is 26.1 Å². The van der Waals surface area contributed by atoms with Gasteiger partial charge in [0.25, 0.3) is 5.91 Å². The number of carbonyl (C=O) groups excluding carboxylic acids is 1. The minimum atomic E-state index is 0.0218. The average Bonchev–Trinajstić information content (AvgIpc) is 2.79. The van der Waals surface area contributed by atoms with E-state index in [9.17, 15) is 4.79 Å². The molecule has 22 heavy (non-hydrogen) atoms. The van der Waals surface area contributed by atoms with Crippen LogP contribution < -0.4 is 4.74 Å². The maximum absolute atomic E-state index is 12.7. The van der Waals surface area contributed by atoms with Gasteiger partial charge in [-0.1, -0.05) is 0 Å². The van der Waals surface area contributed by atoms with Crippen LogP contribution in [0.1, 0.15) is 24.2 Å². The molecule has 6 nitrogen and oxygen atoms in total. The van der Waals surface area contributed by atoms with Crippen molar-refractivity contribution in [3.8, 4) is 5.88 Å². The third-order valence-corrected chi connectivity index (χ3v) is 3.93. The van der Waals surface area contributed by atoms with Gasteiger partial charge in [-0.3, -0.25) is 4.79 Å². The van der Waals surface area contributed by atoms with Crippen LogP contribution in [0.3, 0.4) is 0 Å². The van der Waals surface area contributed by atoms with Gasteiger partial charge in [-0.25, -0.2) is 4.68 Å². The number of hydrogen-bond acceptors (Lipinski definition) is 4. The molecule has 2 atom stereocenters. The quantitative estimate of drug-likeness (QED) is 0.849. The summed E-state index contributed by atoms with van der Waals surface area (Å²) < 4.78 is 12.7. The molecule has 0 bridgehead atoms. The van der Waals surface area contributed by atoms with Gasteiger partial charge in [-0.2, -0.15) is 5.10 Å². The molecule has 0 aliphatic carbocycles. The predicted molar refractivity (Wildman–Crippen MR) is 83.2 cm³/mol. The lowest BCUT2D eigenvalue weighted by molar-refractivity contribution is -0.0586. The Morgan fingerprint density at radius 1 is 1.32 bits per heavy atom. The predicted octanol–water partition coefficient (Wildman–Crippen LogP) is 1.83. The molecule has 0 spiro atoms. The minimum absolute atomic E-state index is 0.0218. The van der Waals surface area contributed by atoms with E-state index in [-0.39, 0.29) is 18.1 Å². The fraction of sp³-hybridized carbons (Fsp3) is 0.500. The second-order valence-electron chi connectivity index (χ2n) is 5.83. The van der Waals surface area contributed by atoms with Crippen molar-refractivity contribution < 1.29 is 14.3 Å². The summed E-state index contributed by atoms with van der Waals surface area (Å²) in [5, 5.41) is 5.31. The van der Waals surface area contributed by atoms with Crippen LogP contribution in [0, 0.1) is 0 Å². The summed E-state index contributed by atoms with van der Waals surface area (Å²) in [5.41, 5.74) is 1.41. The molecule has 1 saturated heterocycles. The highest BCUT2D eigenvalue weighted by Crippen LogP contribution is 2.26. The van der Waals surface area contributed by atoms with E-state index in [0.717, 1.165) is 10.9 Å². The molecule has 2 aromatic rings. The largest absolute Gasteiger partial charge is 0.481 e. The number of aromatic nitrogens is 2. The highest BCUT2D eigenvalue weighted by molar-refractivity contribution is 5.98. The van der Waals surface area contributed by atoms with Crippen LogP contribution in [-0.4, -0.2) is 53.0 Å². The van der Waals surface area contributed by atoms with Crippen molar-refractivity contribution >= 4 is 16.8 Å². The molecule has 6 heteroatoms. The van der Waals surface area contributed by atoms with Gasteiger partial charge in [-0.15, -0.1) is 0 Å². The fourth-order valence-corrected chi connectivity index (χ4v) is 3.08. The van der Waals surface area contributed by atoms with Crippen LogP contribution in [0.25, 0.3) is 10.9 Å². The molecule has 3 rings (SSSR count). The number of nitrogens with zero attached hydrogens (tertiary/aromatic N) is 3. The highest BCUT2D eigenvalue weighted by atomic mass is 16.5. The first kappa shape index (κ1) is 14.8. The Morgan fingerprint density at radius 2 is 2.00 bits per heavy atom. The van der Waals surface area contributed by atoms with Crippen molar-refractivity contribution in [3.05, 3.63) is 23.8 Å². The van der Waals surface area contributed by atoms with Crippen LogP contribution in [0.4, 0.5) is 0 Å². The SMILES string of the molecule is COc1c2ccc(C(=O)N3CC(C)OC(C)C3)cc2nn1C. The summed E-state index contributed by atoms with van der Waals surface area (Å²) in [6, 6.07) is 5.55. The number of aryl methyl sites for hydroxylation is 1. The van der Waals surface area contributed by atoms with Crippen LogP contribution >= 0.6 is 0 Å². The summed E-state index contributed by atoms with van der Waals surface area (Å²) >= 11 is 0. The van der Waals surface area contributed by atoms with Crippen LogP contribution in [0.2, 0.25) is 0 Å². The Labute approximate surface area is 129 Å². The van der Waals surface area contributed by atoms with E-state index >= 15 is 0 Å². The van der Waals surface area contributed by atoms with Crippen molar-refractivity contribution in [2.75, 3.05) is 20.2 Å². The fourth-order valence-electron chi connectivity index (χ4n) is 3.08. The number of morpholine rings is 1. The Balaban J connectivity index is 1.91. The second kappa shape index (κ2) is 5.61. The lowest BCUT2D eigenvalue weighted by atomic mass is 10.1. The van der Waals surface area contributed by atoms with E-state index in [2.05, 4.69) is 5.10 Å². The molecule has 0 saturated carbocycles. The summed E-state index contributed by atoms with van der Waals surface area (Å²) in [6.07, 6.45) is 0.123. The minimum Gasteiger partial charge on any atom is -0.481 e. The Morgan fingerprint density at radius 3 is 2.64 bits per heavy atom. The molecule has 2 heterocycles. The smallest absolute Gasteiger partial charge is 0.254 e. The van der Waals surface area contributed by atoms with E-state index in [4.69, 9.17) is 9.47 Å². The van der Waals surface area contributed by atoms with Crippen molar-refractivity contribution in [2.24, 2.45) is 7.05 Å². The molecular formula is C16H21N3O3. The molecule has 1 aromatic carbocycles. The molecule has 0 radical (unpaired) electrons. The first-order valence-electron chi connectivity index (χ1n) is 7.45. The molecule has 1 aromatic heterocycles. The zero-order valence-electron chi connectivity index (χ0n) is 13.4. The standard InChI is InChI=1S/C16H21N3O3/c1-10-8-19(9-11(2)22-10)15(20)12-5-6-13-14(7-12)17-18(3)16(13)21-4/h5-7,10-11H,8-9H2,1-4H3. The first-order valence-corrected chi connectivity index (χ1v) is 7.45. The summed E-state index contributed by atoms with van der Waals surface area (Å²) in [4.78, 5) is 14.5. The van der Waals surface area contributed by atoms with Crippen LogP contribution in [0.15, 0.2) is 18.2 Å². The second-order valence-corrected chi connectivity index (χ2v) is 5.83. The van der Waals surface area contributed by atoms with E-state index < -0.39 is 0 Å². The van der Waals surface area contributed by atoms with E-state index in [1.807, 2.05) is 44.0 Å². The lowest BCUT2D eigenvalue weighted by Crippen LogP contribution is -2.48. The van der Waals surface area contributed by atoms with E-state index in [1.54, 1.807) is 11.8 Å². The van der Waals surface area contributed by atoms with E-state index in [0.29, 0.717) is 24.5 Å². The Hall–Kier alpha value is -2.08. The molecule has 1 aliphatic heterocycles. The van der Waals surface area contributed by atoms with Gasteiger partial charge in [0, 0.05) is 25.7 Å². The topological polar surface area (TPSA) is 56.6 Å². The Bertz CT molecular complexity index is 700. The van der Waals surface area contributed by atoms with Gasteiger partial charge in [0.15, 0.2) is 0 Å². The van der Waals surface area contributed by atoms with Crippen molar-refractivity contribution in [1.29, 1.82) is 0 Å². The van der Waals surface area contributed by atoms with Gasteiger partial charge in [-0.05, 0) is 32.0 Å². The zero-order valence-corrected chi connectivity index (χ0v) is 13.4. The van der Waals surface area contributed by atoms with Gasteiger partial charge in [0.05, 0.1) is 30.2 Å². The summed E-state index contributed by atoms with van der Waals surface area (Å²) in [7, 11) is 3.44. The molecule has 2 unspecified atom stereocenters. The van der Waals surface area contributed by atoms with Crippen molar-refractivity contribution in [1.82, 2.24) is 14.7 Å². The summed E-state index contributed by atoms with van der Waals surface area (Å²) in [5.74, 6) is 0.719. The molecule has 1 amide bonds. The normalized spacial score (nSPS) is 22.1. The number of amides is 1. The zero-order chi connectivity index (χ0) is 15.9. The van der Waals surface area contributed by atoms with Gasteiger partial charge in [0.1, 0.15) is 0 Å². The van der Waals surface area contributed by atoms with Gasteiger partial charge < -0.3 is 14.4 Å². The third kappa shape index (κ3) is 2.54. The number of rotatable bonds is 2. The number of carbonyl (C=O) groups is 1. The number of hydrogen-bond donors (Lipinski definition) is 0. The maximum Gasteiger partial charge on any atom is 0.254 e. The summed E-state index contributed by atoms with van der Waals surface area (Å²) in [6.45, 7) is 5.21. The van der Waals surface area contributed by atoms with Gasteiger partial charge >= 0.3 is 0 Å². The average molecular weight is 303 g/mol. The van der Waals surface area contributed by atoms with E-state index in [1.165, 1.54) is 0 Å². The van der Waals surface area contributed by atoms with Crippen LogP contribution in [0.5, 0.6) is 5.88 Å².